The van der Waals surface area contributed by atoms with E-state index in [-0.39, 0.29) is 12.1 Å². The Hall–Kier alpha value is -2.23. The van der Waals surface area contributed by atoms with E-state index in [1.807, 2.05) is 10.7 Å². The van der Waals surface area contributed by atoms with E-state index < -0.39 is 0 Å². The predicted molar refractivity (Wildman–Crippen MR) is 110 cm³/mol. The summed E-state index contributed by atoms with van der Waals surface area (Å²) in [5.74, 6) is 2.36. The number of tetrazole rings is 1. The van der Waals surface area contributed by atoms with Crippen LogP contribution < -0.4 is 19.3 Å². The number of nitrogens with one attached hydrogen (secondary N) is 2. The second-order valence-corrected chi connectivity index (χ2v) is 8.16. The number of quaternary nitrogens is 2. The molecule has 4 rings (SSSR count). The molecule has 2 aliphatic heterocycles. The maximum atomic E-state index is 5.84. The lowest BCUT2D eigenvalue weighted by molar-refractivity contribution is -1.02. The number of methoxy groups -OCH3 is 2. The first-order valence-electron chi connectivity index (χ1n) is 11.0. The summed E-state index contributed by atoms with van der Waals surface area (Å²) in [6.07, 6.45) is 2.36. The van der Waals surface area contributed by atoms with E-state index in [0.717, 1.165) is 68.5 Å². The van der Waals surface area contributed by atoms with E-state index in [4.69, 9.17) is 14.2 Å². The Bertz CT molecular complexity index is 815. The average Bonchev–Trinajstić information content (AvgIpc) is 3.47. The van der Waals surface area contributed by atoms with Crippen molar-refractivity contribution in [3.8, 4) is 11.5 Å². The van der Waals surface area contributed by atoms with Crippen molar-refractivity contribution >= 4 is 0 Å². The summed E-state index contributed by atoms with van der Waals surface area (Å²) in [6, 6.07) is 6.20. The minimum Gasteiger partial charge on any atom is -0.493 e. The molecule has 0 bridgehead atoms. The highest BCUT2D eigenvalue weighted by Crippen LogP contribution is 2.31. The van der Waals surface area contributed by atoms with Crippen molar-refractivity contribution in [2.45, 2.75) is 38.5 Å². The summed E-state index contributed by atoms with van der Waals surface area (Å²) in [5.41, 5.74) is 1.14. The summed E-state index contributed by atoms with van der Waals surface area (Å²) >= 11 is 0. The molecule has 2 N–H and O–H groups in total. The predicted octanol–water partition coefficient (Wildman–Crippen LogP) is -1.24. The van der Waals surface area contributed by atoms with Crippen LogP contribution in [0.25, 0.3) is 0 Å². The van der Waals surface area contributed by atoms with Crippen LogP contribution in [0.3, 0.4) is 0 Å². The number of nitrogens with zero attached hydrogens (tertiary/aromatic N) is 4. The lowest BCUT2D eigenvalue weighted by Gasteiger charge is -2.34. The Labute approximate surface area is 177 Å². The second-order valence-electron chi connectivity index (χ2n) is 8.16. The van der Waals surface area contributed by atoms with Crippen LogP contribution in [0.2, 0.25) is 0 Å². The highest BCUT2D eigenvalue weighted by molar-refractivity contribution is 5.44. The van der Waals surface area contributed by atoms with Crippen LogP contribution >= 0.6 is 0 Å². The smallest absolute Gasteiger partial charge is 0.214 e. The van der Waals surface area contributed by atoms with Gasteiger partial charge in [-0.3, -0.25) is 0 Å². The quantitative estimate of drug-likeness (QED) is 0.559. The van der Waals surface area contributed by atoms with Gasteiger partial charge in [-0.25, -0.2) is 4.68 Å². The fraction of sp³-hybridized carbons (Fsp3) is 0.667. The summed E-state index contributed by atoms with van der Waals surface area (Å²) in [6.45, 7) is 9.43. The van der Waals surface area contributed by atoms with E-state index >= 15 is 0 Å². The van der Waals surface area contributed by atoms with Gasteiger partial charge in [0.25, 0.3) is 0 Å². The van der Waals surface area contributed by atoms with E-state index in [1.165, 1.54) is 11.4 Å². The molecule has 2 atom stereocenters. The molecule has 0 amide bonds. The highest BCUT2D eigenvalue weighted by Gasteiger charge is 2.36. The van der Waals surface area contributed by atoms with E-state index in [1.54, 1.807) is 19.1 Å². The SMILES string of the molecule is CC[NH+]1CC[NH+]([C@@H](c2ccc(OC)c(OC)c2)c2nnnn2C[C@H]2CCCO2)CC1. The molecule has 9 nitrogen and oxygen atoms in total. The molecule has 164 valence electrons. The number of likely N-dealkylation sites (N-methyl/N-ethyl adjacent to an activating group) is 1. The third kappa shape index (κ3) is 4.43. The summed E-state index contributed by atoms with van der Waals surface area (Å²) in [5, 5.41) is 12.9. The molecule has 30 heavy (non-hydrogen) atoms. The van der Waals surface area contributed by atoms with Crippen LogP contribution in [-0.4, -0.2) is 79.9 Å². The van der Waals surface area contributed by atoms with Gasteiger partial charge in [0.1, 0.15) is 26.2 Å². The van der Waals surface area contributed by atoms with Gasteiger partial charge >= 0.3 is 0 Å². The van der Waals surface area contributed by atoms with Gasteiger partial charge in [0.15, 0.2) is 17.5 Å². The lowest BCUT2D eigenvalue weighted by Crippen LogP contribution is -3.28. The molecular formula is C21H34N6O3+2. The third-order valence-electron chi connectivity index (χ3n) is 6.47. The van der Waals surface area contributed by atoms with Crippen LogP contribution in [0.5, 0.6) is 11.5 Å². The molecule has 0 aliphatic carbocycles. The van der Waals surface area contributed by atoms with Crippen molar-refractivity contribution in [3.05, 3.63) is 29.6 Å². The number of rotatable bonds is 8. The van der Waals surface area contributed by atoms with E-state index in [2.05, 4.69) is 34.6 Å². The van der Waals surface area contributed by atoms with Gasteiger partial charge in [-0.1, -0.05) is 0 Å². The molecule has 0 unspecified atom stereocenters. The number of ether oxygens (including phenoxy) is 3. The fourth-order valence-electron chi connectivity index (χ4n) is 4.70. The van der Waals surface area contributed by atoms with Gasteiger partial charge < -0.3 is 24.0 Å². The summed E-state index contributed by atoms with van der Waals surface area (Å²) in [4.78, 5) is 3.14. The Kier molecular flexibility index (Phi) is 6.81. The average molecular weight is 419 g/mol. The normalized spacial score (nSPS) is 25.2. The van der Waals surface area contributed by atoms with Crippen LogP contribution in [0.4, 0.5) is 0 Å². The Morgan fingerprint density at radius 3 is 2.63 bits per heavy atom. The van der Waals surface area contributed by atoms with Gasteiger partial charge in [-0.15, -0.1) is 5.10 Å². The number of piperazine rings is 1. The van der Waals surface area contributed by atoms with Gasteiger partial charge in [0.2, 0.25) is 5.82 Å². The van der Waals surface area contributed by atoms with Crippen molar-refractivity contribution in [3.63, 3.8) is 0 Å². The van der Waals surface area contributed by atoms with Gasteiger partial charge in [-0.05, 0) is 48.4 Å². The minimum absolute atomic E-state index is 0.0413. The molecule has 9 heteroatoms. The lowest BCUT2D eigenvalue weighted by atomic mass is 10.0. The zero-order valence-electron chi connectivity index (χ0n) is 18.3. The zero-order valence-corrected chi connectivity index (χ0v) is 18.3. The molecule has 2 aromatic rings. The first-order chi connectivity index (χ1) is 14.7. The topological polar surface area (TPSA) is 80.2 Å². The van der Waals surface area contributed by atoms with Crippen molar-refractivity contribution in [1.82, 2.24) is 20.2 Å². The third-order valence-corrected chi connectivity index (χ3v) is 6.47. The largest absolute Gasteiger partial charge is 0.493 e. The van der Waals surface area contributed by atoms with Gasteiger partial charge in [0.05, 0.1) is 33.4 Å². The summed E-state index contributed by atoms with van der Waals surface area (Å²) in [7, 11) is 3.34. The van der Waals surface area contributed by atoms with Crippen LogP contribution in [0.15, 0.2) is 18.2 Å². The molecule has 2 fully saturated rings. The zero-order chi connectivity index (χ0) is 20.9. The van der Waals surface area contributed by atoms with Crippen molar-refractivity contribution in [1.29, 1.82) is 0 Å². The van der Waals surface area contributed by atoms with Crippen LogP contribution in [0.1, 0.15) is 37.2 Å². The molecule has 1 aromatic heterocycles. The second kappa shape index (κ2) is 9.72. The number of hydrogen-bond acceptors (Lipinski definition) is 6. The van der Waals surface area contributed by atoms with Crippen LogP contribution in [-0.2, 0) is 11.3 Å². The molecule has 2 aliphatic rings. The van der Waals surface area contributed by atoms with Crippen molar-refractivity contribution < 1.29 is 24.0 Å². The van der Waals surface area contributed by atoms with Crippen molar-refractivity contribution in [2.75, 3.05) is 53.6 Å². The van der Waals surface area contributed by atoms with Gasteiger partial charge in [-0.2, -0.15) is 0 Å². The number of aromatic nitrogens is 4. The number of benzene rings is 1. The molecule has 0 radical (unpaired) electrons. The standard InChI is InChI=1S/C21H32N6O3/c1-4-25-9-11-26(12-10-25)20(16-7-8-18(28-2)19(14-16)29-3)21-22-23-24-27(21)15-17-6-5-13-30-17/h7-8,14,17,20H,4-6,9-13,15H2,1-3H3/p+2/t17-,20+/m1/s1. The first-order valence-corrected chi connectivity index (χ1v) is 11.0. The van der Waals surface area contributed by atoms with E-state index in [9.17, 15) is 0 Å². The molecule has 0 saturated carbocycles. The maximum Gasteiger partial charge on any atom is 0.214 e. The molecule has 1 aromatic carbocycles. The van der Waals surface area contributed by atoms with Crippen molar-refractivity contribution in [2.24, 2.45) is 0 Å². The maximum absolute atomic E-state index is 5.84. The molecule has 2 saturated heterocycles. The first kappa shape index (κ1) is 21.0. The molecule has 0 spiro atoms. The van der Waals surface area contributed by atoms with Crippen LogP contribution in [0, 0.1) is 0 Å². The fourth-order valence-corrected chi connectivity index (χ4v) is 4.70. The molecule has 3 heterocycles. The van der Waals surface area contributed by atoms with E-state index in [0.29, 0.717) is 6.54 Å². The summed E-state index contributed by atoms with van der Waals surface area (Å²) < 4.78 is 18.8. The molecular weight excluding hydrogens is 384 g/mol. The Morgan fingerprint density at radius 1 is 1.17 bits per heavy atom. The van der Waals surface area contributed by atoms with Gasteiger partial charge in [0, 0.05) is 12.2 Å². The minimum atomic E-state index is 0.0413. The highest BCUT2D eigenvalue weighted by atomic mass is 16.5. The monoisotopic (exact) mass is 418 g/mol. The Balaban J connectivity index is 1.67. The number of hydrogen-bond donors (Lipinski definition) is 2. The Morgan fingerprint density at radius 2 is 1.97 bits per heavy atom.